The molecule has 0 heterocycles. The number of hydrogen-bond acceptors (Lipinski definition) is 0. The van der Waals surface area contributed by atoms with E-state index in [4.69, 9.17) is 0 Å². The third-order valence-electron chi connectivity index (χ3n) is 2.36. The quantitative estimate of drug-likeness (QED) is 0.617. The van der Waals surface area contributed by atoms with Crippen molar-refractivity contribution in [1.82, 2.24) is 0 Å². The van der Waals surface area contributed by atoms with Gasteiger partial charge in [-0.1, -0.05) is 56.3 Å². The fraction of sp³-hybridized carbons (Fsp3) is 0.286. The van der Waals surface area contributed by atoms with E-state index in [-0.39, 0.29) is 0 Å². The molecule has 0 aliphatic carbocycles. The van der Waals surface area contributed by atoms with Gasteiger partial charge in [0.1, 0.15) is 0 Å². The minimum Gasteiger partial charge on any atom is -0.0985 e. The molecule has 74 valence electrons. The van der Waals surface area contributed by atoms with Crippen LogP contribution in [0.15, 0.2) is 43.0 Å². The average molecular weight is 186 g/mol. The normalized spacial score (nSPS) is 11.4. The lowest BCUT2D eigenvalue weighted by Gasteiger charge is -2.03. The summed E-state index contributed by atoms with van der Waals surface area (Å²) in [5.41, 5.74) is 3.87. The topological polar surface area (TPSA) is 0 Å². The predicted octanol–water partition coefficient (Wildman–Crippen LogP) is 4.23. The Morgan fingerprint density at radius 1 is 1.29 bits per heavy atom. The molecule has 0 amide bonds. The fourth-order valence-electron chi connectivity index (χ4n) is 1.55. The van der Waals surface area contributed by atoms with Crippen molar-refractivity contribution in [3.63, 3.8) is 0 Å². The number of benzene rings is 1. The van der Waals surface area contributed by atoms with Gasteiger partial charge in [-0.2, -0.15) is 0 Å². The van der Waals surface area contributed by atoms with Crippen LogP contribution in [-0.2, 0) is 6.42 Å². The summed E-state index contributed by atoms with van der Waals surface area (Å²) in [6, 6.07) is 8.74. The van der Waals surface area contributed by atoms with E-state index in [9.17, 15) is 0 Å². The maximum atomic E-state index is 3.80. The molecule has 1 rings (SSSR count). The smallest absolute Gasteiger partial charge is 0.0187 e. The highest BCUT2D eigenvalue weighted by atomic mass is 14.0. The van der Waals surface area contributed by atoms with Crippen LogP contribution in [0.25, 0.3) is 5.57 Å². The Labute approximate surface area is 87.0 Å². The Morgan fingerprint density at radius 3 is 2.36 bits per heavy atom. The zero-order valence-corrected chi connectivity index (χ0v) is 9.09. The Bertz CT molecular complexity index is 314. The van der Waals surface area contributed by atoms with Crippen LogP contribution in [0.4, 0.5) is 0 Å². The van der Waals surface area contributed by atoms with Crippen molar-refractivity contribution in [3.05, 3.63) is 54.1 Å². The molecule has 0 aliphatic rings. The highest BCUT2D eigenvalue weighted by Crippen LogP contribution is 2.16. The zero-order chi connectivity index (χ0) is 10.4. The van der Waals surface area contributed by atoms with Gasteiger partial charge in [-0.15, -0.1) is 0 Å². The van der Waals surface area contributed by atoms with Crippen molar-refractivity contribution in [2.75, 3.05) is 0 Å². The number of allylic oxidation sites excluding steroid dienone is 3. The Balaban J connectivity index is 2.87. The molecule has 0 spiro atoms. The van der Waals surface area contributed by atoms with Gasteiger partial charge in [0.05, 0.1) is 0 Å². The second-order valence-corrected chi connectivity index (χ2v) is 3.40. The molecule has 0 N–H and O–H groups in total. The van der Waals surface area contributed by atoms with E-state index in [0.717, 1.165) is 0 Å². The number of aryl methyl sites for hydroxylation is 1. The molecule has 0 heteroatoms. The van der Waals surface area contributed by atoms with Crippen LogP contribution < -0.4 is 0 Å². The Morgan fingerprint density at radius 2 is 1.93 bits per heavy atom. The lowest BCUT2D eigenvalue weighted by atomic mass is 10.0. The van der Waals surface area contributed by atoms with E-state index in [1.807, 2.05) is 13.0 Å². The van der Waals surface area contributed by atoms with Crippen molar-refractivity contribution < 1.29 is 0 Å². The predicted molar refractivity (Wildman–Crippen MR) is 64.3 cm³/mol. The van der Waals surface area contributed by atoms with Crippen molar-refractivity contribution in [3.8, 4) is 0 Å². The first-order valence-corrected chi connectivity index (χ1v) is 5.19. The second-order valence-electron chi connectivity index (χ2n) is 3.40. The average Bonchev–Trinajstić information content (AvgIpc) is 2.23. The van der Waals surface area contributed by atoms with Gasteiger partial charge in [-0.25, -0.2) is 0 Å². The van der Waals surface area contributed by atoms with Gasteiger partial charge in [-0.3, -0.25) is 0 Å². The molecule has 0 nitrogen and oxygen atoms in total. The van der Waals surface area contributed by atoms with Gasteiger partial charge in [0.15, 0.2) is 0 Å². The molecule has 0 bridgehead atoms. The van der Waals surface area contributed by atoms with E-state index < -0.39 is 0 Å². The van der Waals surface area contributed by atoms with Gasteiger partial charge in [0, 0.05) is 0 Å². The lowest BCUT2D eigenvalue weighted by molar-refractivity contribution is 0.922. The Kier molecular flexibility index (Phi) is 4.18. The summed E-state index contributed by atoms with van der Waals surface area (Å²) in [5.74, 6) is 0. The van der Waals surface area contributed by atoms with Crippen LogP contribution >= 0.6 is 0 Å². The summed E-state index contributed by atoms with van der Waals surface area (Å²) in [7, 11) is 0. The molecule has 0 unspecified atom stereocenters. The maximum absolute atomic E-state index is 3.80. The Hall–Kier alpha value is -1.30. The summed E-state index contributed by atoms with van der Waals surface area (Å²) < 4.78 is 0. The van der Waals surface area contributed by atoms with Crippen LogP contribution in [0.5, 0.6) is 0 Å². The van der Waals surface area contributed by atoms with E-state index in [1.165, 1.54) is 29.5 Å². The minimum atomic E-state index is 1.17. The van der Waals surface area contributed by atoms with E-state index >= 15 is 0 Å². The first-order valence-electron chi connectivity index (χ1n) is 5.19. The van der Waals surface area contributed by atoms with Crippen LogP contribution in [0.3, 0.4) is 0 Å². The molecule has 0 aromatic heterocycles. The third kappa shape index (κ3) is 2.59. The summed E-state index contributed by atoms with van der Waals surface area (Å²) in [5, 5.41) is 0. The summed E-state index contributed by atoms with van der Waals surface area (Å²) >= 11 is 0. The summed E-state index contributed by atoms with van der Waals surface area (Å²) in [6.45, 7) is 8.04. The van der Waals surface area contributed by atoms with Crippen molar-refractivity contribution in [2.24, 2.45) is 0 Å². The second kappa shape index (κ2) is 5.43. The molecule has 1 aromatic rings. The molecule has 0 atom stereocenters. The van der Waals surface area contributed by atoms with Crippen molar-refractivity contribution in [1.29, 1.82) is 0 Å². The molecule has 0 saturated carbocycles. The van der Waals surface area contributed by atoms with Gasteiger partial charge in [0.25, 0.3) is 0 Å². The van der Waals surface area contributed by atoms with Crippen LogP contribution in [0.2, 0.25) is 0 Å². The van der Waals surface area contributed by atoms with Crippen molar-refractivity contribution in [2.45, 2.75) is 26.7 Å². The van der Waals surface area contributed by atoms with Gasteiger partial charge in [0.2, 0.25) is 0 Å². The standard InChI is InChI=1S/C14H18/c1-4-7-12-8-10-14(11-9-12)13(5-2)6-3/h5-6,8-11H,2,4,7H2,1,3H3/b13-6+. The fourth-order valence-corrected chi connectivity index (χ4v) is 1.55. The molecule has 0 fully saturated rings. The molecule has 0 saturated heterocycles. The molecular formula is C14H18. The summed E-state index contributed by atoms with van der Waals surface area (Å²) in [4.78, 5) is 0. The largest absolute Gasteiger partial charge is 0.0985 e. The third-order valence-corrected chi connectivity index (χ3v) is 2.36. The SMILES string of the molecule is C=C/C(=C\C)c1ccc(CCC)cc1. The summed E-state index contributed by atoms with van der Waals surface area (Å²) in [6.07, 6.45) is 6.35. The van der Waals surface area contributed by atoms with E-state index in [1.54, 1.807) is 0 Å². The molecule has 0 radical (unpaired) electrons. The maximum Gasteiger partial charge on any atom is -0.0187 e. The first kappa shape index (κ1) is 10.8. The van der Waals surface area contributed by atoms with E-state index in [0.29, 0.717) is 0 Å². The highest BCUT2D eigenvalue weighted by Gasteiger charge is 1.96. The van der Waals surface area contributed by atoms with E-state index in [2.05, 4.69) is 43.8 Å². The van der Waals surface area contributed by atoms with Crippen LogP contribution in [0.1, 0.15) is 31.4 Å². The lowest BCUT2D eigenvalue weighted by Crippen LogP contribution is -1.85. The van der Waals surface area contributed by atoms with Gasteiger partial charge >= 0.3 is 0 Å². The molecule has 1 aromatic carbocycles. The van der Waals surface area contributed by atoms with Gasteiger partial charge < -0.3 is 0 Å². The number of hydrogen-bond donors (Lipinski definition) is 0. The van der Waals surface area contributed by atoms with Crippen LogP contribution in [-0.4, -0.2) is 0 Å². The monoisotopic (exact) mass is 186 g/mol. The van der Waals surface area contributed by atoms with Crippen molar-refractivity contribution >= 4 is 5.57 Å². The van der Waals surface area contributed by atoms with Gasteiger partial charge in [-0.05, 0) is 30.0 Å². The molecule has 0 aliphatic heterocycles. The molecular weight excluding hydrogens is 168 g/mol. The van der Waals surface area contributed by atoms with Crippen LogP contribution in [0, 0.1) is 0 Å². The number of rotatable bonds is 4. The zero-order valence-electron chi connectivity index (χ0n) is 9.09. The first-order chi connectivity index (χ1) is 6.81. The minimum absolute atomic E-state index is 1.17. The molecule has 14 heavy (non-hydrogen) atoms. The highest BCUT2D eigenvalue weighted by molar-refractivity contribution is 5.73.